The van der Waals surface area contributed by atoms with Gasteiger partial charge in [0.25, 0.3) is 0 Å². The van der Waals surface area contributed by atoms with Gasteiger partial charge >= 0.3 is 0 Å². The molecule has 1 fully saturated rings. The predicted octanol–water partition coefficient (Wildman–Crippen LogP) is 2.34. The molecule has 152 valence electrons. The van der Waals surface area contributed by atoms with Crippen LogP contribution in [0.4, 0.5) is 5.82 Å². The van der Waals surface area contributed by atoms with E-state index in [9.17, 15) is 0 Å². The molecular formula is C24H27N6+. The number of nitrogens with one attached hydrogen (secondary N) is 1. The molecule has 0 radical (unpaired) electrons. The van der Waals surface area contributed by atoms with Crippen molar-refractivity contribution in [3.63, 3.8) is 0 Å². The van der Waals surface area contributed by atoms with Gasteiger partial charge in [0.05, 0.1) is 43.4 Å². The van der Waals surface area contributed by atoms with E-state index in [1.54, 1.807) is 11.2 Å². The number of hydrogen-bond acceptors (Lipinski definition) is 4. The number of rotatable bonds is 4. The summed E-state index contributed by atoms with van der Waals surface area (Å²) in [6.07, 6.45) is 3.58. The molecule has 0 amide bonds. The fourth-order valence-electron chi connectivity index (χ4n) is 4.40. The van der Waals surface area contributed by atoms with E-state index in [0.29, 0.717) is 0 Å². The van der Waals surface area contributed by atoms with Crippen LogP contribution in [-0.2, 0) is 6.54 Å². The Morgan fingerprint density at radius 1 is 0.967 bits per heavy atom. The average Bonchev–Trinajstić information content (AvgIpc) is 3.19. The maximum absolute atomic E-state index is 4.66. The minimum atomic E-state index is 0.867. The predicted molar refractivity (Wildman–Crippen MR) is 119 cm³/mol. The molecule has 6 nitrogen and oxygen atoms in total. The summed E-state index contributed by atoms with van der Waals surface area (Å²) >= 11 is 0. The maximum Gasteiger partial charge on any atom is 0.168 e. The van der Waals surface area contributed by atoms with Crippen LogP contribution in [0.2, 0.25) is 0 Å². The molecule has 2 aromatic heterocycles. The molecule has 30 heavy (non-hydrogen) atoms. The molecule has 0 bridgehead atoms. The lowest BCUT2D eigenvalue weighted by atomic mass is 10.1. The van der Waals surface area contributed by atoms with Crippen LogP contribution in [0.3, 0.4) is 0 Å². The van der Waals surface area contributed by atoms with E-state index in [-0.39, 0.29) is 0 Å². The average molecular weight is 400 g/mol. The van der Waals surface area contributed by atoms with Gasteiger partial charge in [-0.15, -0.1) is 0 Å². The summed E-state index contributed by atoms with van der Waals surface area (Å²) in [5.74, 6) is 0.995. The number of aromatic nitrogens is 4. The van der Waals surface area contributed by atoms with E-state index >= 15 is 0 Å². The lowest BCUT2D eigenvalue weighted by Crippen LogP contribution is -3.13. The van der Waals surface area contributed by atoms with Crippen molar-refractivity contribution in [1.29, 1.82) is 0 Å². The summed E-state index contributed by atoms with van der Waals surface area (Å²) in [6, 6.07) is 17.2. The van der Waals surface area contributed by atoms with Gasteiger partial charge in [-0.05, 0) is 25.5 Å². The maximum atomic E-state index is 4.66. The van der Waals surface area contributed by atoms with Gasteiger partial charge in [-0.3, -0.25) is 0 Å². The molecule has 1 N–H and O–H groups in total. The lowest BCUT2D eigenvalue weighted by molar-refractivity contribution is -0.914. The number of aryl methyl sites for hydroxylation is 2. The first-order valence-electron chi connectivity index (χ1n) is 10.6. The van der Waals surface area contributed by atoms with Crippen molar-refractivity contribution >= 4 is 16.9 Å². The van der Waals surface area contributed by atoms with E-state index < -0.39 is 0 Å². The first kappa shape index (κ1) is 18.8. The van der Waals surface area contributed by atoms with Crippen LogP contribution in [-0.4, -0.2) is 45.9 Å². The Bertz CT molecular complexity index is 1160. The molecule has 3 heterocycles. The third kappa shape index (κ3) is 3.55. The van der Waals surface area contributed by atoms with Crippen molar-refractivity contribution in [2.45, 2.75) is 20.4 Å². The largest absolute Gasteiger partial charge is 0.345 e. The van der Waals surface area contributed by atoms with Crippen LogP contribution in [0.5, 0.6) is 0 Å². The van der Waals surface area contributed by atoms with Crippen LogP contribution in [0.15, 0.2) is 61.1 Å². The van der Waals surface area contributed by atoms with Gasteiger partial charge in [0.15, 0.2) is 5.65 Å². The summed E-state index contributed by atoms with van der Waals surface area (Å²) in [5, 5.41) is 5.68. The van der Waals surface area contributed by atoms with E-state index in [4.69, 9.17) is 0 Å². The Morgan fingerprint density at radius 2 is 1.77 bits per heavy atom. The monoisotopic (exact) mass is 399 g/mol. The molecule has 0 spiro atoms. The highest BCUT2D eigenvalue weighted by Gasteiger charge is 2.24. The van der Waals surface area contributed by atoms with Gasteiger partial charge in [0.1, 0.15) is 18.7 Å². The normalized spacial score (nSPS) is 15.1. The molecule has 0 saturated carbocycles. The third-order valence-corrected chi connectivity index (χ3v) is 5.99. The van der Waals surface area contributed by atoms with Gasteiger partial charge in [-0.2, -0.15) is 5.10 Å². The van der Waals surface area contributed by atoms with Crippen molar-refractivity contribution in [3.05, 3.63) is 77.7 Å². The molecule has 2 aromatic carbocycles. The Hall–Kier alpha value is -3.25. The molecule has 0 aliphatic carbocycles. The standard InChI is InChI=1S/C24H26N6/c1-18-8-9-22(19(2)14-18)30-24-21(15-27-30)23(25-17-26-24)29-12-10-28(11-13-29)16-20-6-4-3-5-7-20/h3-9,14-15,17H,10-13,16H2,1-2H3/p+1. The molecule has 0 unspecified atom stereocenters. The van der Waals surface area contributed by atoms with Crippen molar-refractivity contribution in [1.82, 2.24) is 19.7 Å². The number of benzene rings is 2. The highest BCUT2D eigenvalue weighted by molar-refractivity contribution is 5.87. The summed E-state index contributed by atoms with van der Waals surface area (Å²) < 4.78 is 1.94. The van der Waals surface area contributed by atoms with Gasteiger partial charge in [0, 0.05) is 5.56 Å². The second kappa shape index (κ2) is 7.88. The molecule has 1 aliphatic rings. The second-order valence-electron chi connectivity index (χ2n) is 8.18. The quantitative estimate of drug-likeness (QED) is 0.572. The molecule has 1 aliphatic heterocycles. The summed E-state index contributed by atoms with van der Waals surface area (Å²) in [5.41, 5.74) is 5.78. The Kier molecular flexibility index (Phi) is 4.93. The zero-order valence-corrected chi connectivity index (χ0v) is 17.5. The van der Waals surface area contributed by atoms with Crippen LogP contribution in [0.25, 0.3) is 16.7 Å². The van der Waals surface area contributed by atoms with Crippen molar-refractivity contribution in [2.75, 3.05) is 31.1 Å². The summed E-state index contributed by atoms with van der Waals surface area (Å²) in [6.45, 7) is 9.49. The zero-order chi connectivity index (χ0) is 20.5. The minimum Gasteiger partial charge on any atom is -0.345 e. The SMILES string of the molecule is Cc1ccc(-n2ncc3c(N4CC[NH+](Cc5ccccc5)CC4)ncnc32)c(C)c1. The van der Waals surface area contributed by atoms with Crippen molar-refractivity contribution in [3.8, 4) is 5.69 Å². The topological polar surface area (TPSA) is 51.3 Å². The van der Waals surface area contributed by atoms with E-state index in [1.807, 2.05) is 10.9 Å². The number of piperazine rings is 1. The fourth-order valence-corrected chi connectivity index (χ4v) is 4.40. The van der Waals surface area contributed by atoms with Crippen molar-refractivity contribution in [2.24, 2.45) is 0 Å². The highest BCUT2D eigenvalue weighted by Crippen LogP contribution is 2.26. The van der Waals surface area contributed by atoms with E-state index in [2.05, 4.69) is 82.3 Å². The first-order chi connectivity index (χ1) is 14.7. The second-order valence-corrected chi connectivity index (χ2v) is 8.18. The minimum absolute atomic E-state index is 0.867. The Morgan fingerprint density at radius 3 is 2.53 bits per heavy atom. The van der Waals surface area contributed by atoms with Gasteiger partial charge in [0.2, 0.25) is 0 Å². The van der Waals surface area contributed by atoms with Crippen LogP contribution < -0.4 is 9.80 Å². The number of nitrogens with zero attached hydrogens (tertiary/aromatic N) is 5. The molecule has 4 aromatic rings. The Labute approximate surface area is 176 Å². The highest BCUT2D eigenvalue weighted by atomic mass is 15.3. The summed E-state index contributed by atoms with van der Waals surface area (Å²) in [7, 11) is 0. The first-order valence-corrected chi connectivity index (χ1v) is 10.6. The van der Waals surface area contributed by atoms with E-state index in [1.165, 1.54) is 16.7 Å². The Balaban J connectivity index is 1.38. The third-order valence-electron chi connectivity index (χ3n) is 5.99. The molecule has 1 saturated heterocycles. The number of quaternary nitrogens is 1. The zero-order valence-electron chi connectivity index (χ0n) is 17.5. The smallest absolute Gasteiger partial charge is 0.168 e. The molecule has 6 heteroatoms. The van der Waals surface area contributed by atoms with Gasteiger partial charge < -0.3 is 9.80 Å². The van der Waals surface area contributed by atoms with Gasteiger partial charge in [-0.25, -0.2) is 14.6 Å². The number of fused-ring (bicyclic) bond motifs is 1. The molecule has 0 atom stereocenters. The van der Waals surface area contributed by atoms with Crippen LogP contribution in [0.1, 0.15) is 16.7 Å². The van der Waals surface area contributed by atoms with Crippen molar-refractivity contribution < 1.29 is 4.90 Å². The molecule has 5 rings (SSSR count). The van der Waals surface area contributed by atoms with Gasteiger partial charge in [-0.1, -0.05) is 48.0 Å². The number of hydrogen-bond donors (Lipinski definition) is 1. The lowest BCUT2D eigenvalue weighted by Gasteiger charge is -2.33. The van der Waals surface area contributed by atoms with Crippen LogP contribution in [0, 0.1) is 13.8 Å². The van der Waals surface area contributed by atoms with E-state index in [0.717, 1.165) is 55.3 Å². The summed E-state index contributed by atoms with van der Waals surface area (Å²) in [4.78, 5) is 13.2. The number of anilines is 1. The molecular weight excluding hydrogens is 372 g/mol. The van der Waals surface area contributed by atoms with Crippen LogP contribution >= 0.6 is 0 Å². The fraction of sp³-hybridized carbons (Fsp3) is 0.292.